The van der Waals surface area contributed by atoms with E-state index < -0.39 is 6.10 Å². The highest BCUT2D eigenvalue weighted by atomic mass is 16.3. The second kappa shape index (κ2) is 4.67. The molecule has 22 heavy (non-hydrogen) atoms. The molecule has 3 nitrogen and oxygen atoms in total. The lowest BCUT2D eigenvalue weighted by atomic mass is 9.47. The highest BCUT2D eigenvalue weighted by Crippen LogP contribution is 2.63. The van der Waals surface area contributed by atoms with Gasteiger partial charge in [0.25, 0.3) is 0 Å². The maximum absolute atomic E-state index is 12.4. The summed E-state index contributed by atoms with van der Waals surface area (Å²) in [6.45, 7) is 4.48. The van der Waals surface area contributed by atoms with E-state index in [1.807, 2.05) is 6.08 Å². The van der Waals surface area contributed by atoms with Crippen molar-refractivity contribution in [1.82, 2.24) is 0 Å². The molecule has 0 spiro atoms. The van der Waals surface area contributed by atoms with E-state index in [1.54, 1.807) is 0 Å². The van der Waals surface area contributed by atoms with Gasteiger partial charge in [0.2, 0.25) is 0 Å². The van der Waals surface area contributed by atoms with Gasteiger partial charge in [-0.15, -0.1) is 0 Å². The first-order chi connectivity index (χ1) is 10.4. The van der Waals surface area contributed by atoms with Gasteiger partial charge in [-0.05, 0) is 61.7 Å². The number of hydrogen-bond donors (Lipinski definition) is 2. The van der Waals surface area contributed by atoms with Gasteiger partial charge in [0.15, 0.2) is 0 Å². The first-order valence-corrected chi connectivity index (χ1v) is 8.97. The molecule has 3 heteroatoms. The Balaban J connectivity index is 1.75. The summed E-state index contributed by atoms with van der Waals surface area (Å²) in [6.07, 6.45) is 7.65. The van der Waals surface area contributed by atoms with Crippen molar-refractivity contribution in [2.75, 3.05) is 0 Å². The topological polar surface area (TPSA) is 57.5 Å². The molecule has 0 aromatic rings. The van der Waals surface area contributed by atoms with Crippen molar-refractivity contribution in [3.05, 3.63) is 11.6 Å². The van der Waals surface area contributed by atoms with Gasteiger partial charge in [-0.1, -0.05) is 25.5 Å². The van der Waals surface area contributed by atoms with Crippen LogP contribution < -0.4 is 0 Å². The number of Topliss-reactive ketones (excluding diaryl/α,β-unsaturated/α-hetero) is 1. The van der Waals surface area contributed by atoms with E-state index in [-0.39, 0.29) is 22.9 Å². The van der Waals surface area contributed by atoms with E-state index in [9.17, 15) is 15.0 Å². The van der Waals surface area contributed by atoms with Gasteiger partial charge in [0.05, 0.1) is 12.2 Å². The van der Waals surface area contributed by atoms with E-state index >= 15 is 0 Å². The maximum Gasteiger partial charge on any atom is 0.139 e. The predicted molar refractivity (Wildman–Crippen MR) is 84.1 cm³/mol. The summed E-state index contributed by atoms with van der Waals surface area (Å²) in [5.74, 6) is 1.46. The second-order valence-corrected chi connectivity index (χ2v) is 8.70. The molecule has 3 saturated carbocycles. The molecule has 0 aromatic carbocycles. The molecule has 0 radical (unpaired) electrons. The van der Waals surface area contributed by atoms with E-state index in [1.165, 1.54) is 5.57 Å². The number of aliphatic hydroxyl groups excluding tert-OH is 2. The number of carbonyl (C=O) groups excluding carboxylic acids is 1. The minimum Gasteiger partial charge on any atom is -0.393 e. The molecule has 3 fully saturated rings. The molecule has 0 saturated heterocycles. The third-order valence-corrected chi connectivity index (χ3v) is 7.81. The van der Waals surface area contributed by atoms with Gasteiger partial charge in [-0.2, -0.15) is 0 Å². The lowest BCUT2D eigenvalue weighted by molar-refractivity contribution is -0.135. The quantitative estimate of drug-likeness (QED) is 0.677. The third kappa shape index (κ3) is 1.78. The number of hydrogen-bond acceptors (Lipinski definition) is 3. The SMILES string of the molecule is C[C@]12CCC(O)CC1=CC(O)C1C2CC[C@]2(C)C(=O)CCC12. The van der Waals surface area contributed by atoms with E-state index in [0.717, 1.165) is 38.5 Å². The Kier molecular flexibility index (Phi) is 3.16. The van der Waals surface area contributed by atoms with Gasteiger partial charge >= 0.3 is 0 Å². The predicted octanol–water partition coefficient (Wildman–Crippen LogP) is 2.85. The molecule has 7 atom stereocenters. The Hall–Kier alpha value is -0.670. The van der Waals surface area contributed by atoms with Crippen LogP contribution in [0.25, 0.3) is 0 Å². The van der Waals surface area contributed by atoms with Gasteiger partial charge in [0.1, 0.15) is 5.78 Å². The molecule has 0 heterocycles. The van der Waals surface area contributed by atoms with Crippen LogP contribution in [-0.2, 0) is 4.79 Å². The van der Waals surface area contributed by atoms with E-state index in [4.69, 9.17) is 0 Å². The zero-order valence-corrected chi connectivity index (χ0v) is 13.7. The van der Waals surface area contributed by atoms with Crippen molar-refractivity contribution in [3.8, 4) is 0 Å². The first-order valence-electron chi connectivity index (χ1n) is 8.97. The highest BCUT2D eigenvalue weighted by Gasteiger charge is 2.60. The molecular formula is C19H28O3. The summed E-state index contributed by atoms with van der Waals surface area (Å²) >= 11 is 0. The number of aliphatic hydroxyl groups is 2. The Labute approximate surface area is 132 Å². The summed E-state index contributed by atoms with van der Waals surface area (Å²) in [6, 6.07) is 0. The normalized spacial score (nSPS) is 54.3. The number of carbonyl (C=O) groups is 1. The summed E-state index contributed by atoms with van der Waals surface area (Å²) in [4.78, 5) is 12.4. The van der Waals surface area contributed by atoms with Gasteiger partial charge in [-0.25, -0.2) is 0 Å². The average Bonchev–Trinajstić information content (AvgIpc) is 2.77. The third-order valence-electron chi connectivity index (χ3n) is 7.81. The van der Waals surface area contributed by atoms with Gasteiger partial charge in [0, 0.05) is 11.8 Å². The van der Waals surface area contributed by atoms with Crippen molar-refractivity contribution >= 4 is 5.78 Å². The minimum absolute atomic E-state index is 0.121. The van der Waals surface area contributed by atoms with Crippen molar-refractivity contribution in [2.24, 2.45) is 28.6 Å². The zero-order chi connectivity index (χ0) is 15.7. The van der Waals surface area contributed by atoms with E-state index in [0.29, 0.717) is 24.0 Å². The molecule has 4 aliphatic rings. The molecule has 122 valence electrons. The highest BCUT2D eigenvalue weighted by molar-refractivity contribution is 5.87. The van der Waals surface area contributed by atoms with Crippen LogP contribution in [-0.4, -0.2) is 28.2 Å². The first kappa shape index (κ1) is 14.9. The Bertz CT molecular complexity index is 539. The van der Waals surface area contributed by atoms with Crippen molar-refractivity contribution in [3.63, 3.8) is 0 Å². The largest absolute Gasteiger partial charge is 0.393 e. The molecule has 0 aromatic heterocycles. The van der Waals surface area contributed by atoms with Crippen LogP contribution in [0, 0.1) is 28.6 Å². The summed E-state index contributed by atoms with van der Waals surface area (Å²) in [5.41, 5.74) is 1.20. The van der Waals surface area contributed by atoms with Crippen LogP contribution in [0.5, 0.6) is 0 Å². The Morgan fingerprint density at radius 1 is 1.05 bits per heavy atom. The van der Waals surface area contributed by atoms with Crippen LogP contribution in [0.3, 0.4) is 0 Å². The average molecular weight is 304 g/mol. The lowest BCUT2D eigenvalue weighted by Crippen LogP contribution is -2.54. The van der Waals surface area contributed by atoms with E-state index in [2.05, 4.69) is 13.8 Å². The molecule has 0 bridgehead atoms. The second-order valence-electron chi connectivity index (χ2n) is 8.70. The maximum atomic E-state index is 12.4. The standard InChI is InChI=1S/C19H28O3/c1-18-7-5-12(20)9-11(18)10-15(21)17-13-3-4-16(22)19(13,2)8-6-14(17)18/h10,12-15,17,20-21H,3-9H2,1-2H3/t12?,13?,14?,15?,17?,18-,19-/m0/s1. The molecule has 2 N–H and O–H groups in total. The van der Waals surface area contributed by atoms with Crippen molar-refractivity contribution < 1.29 is 15.0 Å². The van der Waals surface area contributed by atoms with Gasteiger partial charge < -0.3 is 10.2 Å². The number of fused-ring (bicyclic) bond motifs is 5. The fourth-order valence-corrected chi connectivity index (χ4v) is 6.40. The molecule has 0 aliphatic heterocycles. The zero-order valence-electron chi connectivity index (χ0n) is 13.7. The molecular weight excluding hydrogens is 276 g/mol. The van der Waals surface area contributed by atoms with Gasteiger partial charge in [-0.3, -0.25) is 4.79 Å². The van der Waals surface area contributed by atoms with Crippen LogP contribution >= 0.6 is 0 Å². The minimum atomic E-state index is -0.436. The Morgan fingerprint density at radius 2 is 1.73 bits per heavy atom. The molecule has 0 amide bonds. The van der Waals surface area contributed by atoms with Crippen molar-refractivity contribution in [2.45, 2.75) is 71.0 Å². The number of ketones is 1. The van der Waals surface area contributed by atoms with Crippen LogP contribution in [0.15, 0.2) is 11.6 Å². The smallest absolute Gasteiger partial charge is 0.139 e. The van der Waals surface area contributed by atoms with Crippen LogP contribution in [0.1, 0.15) is 58.8 Å². The van der Waals surface area contributed by atoms with Crippen LogP contribution in [0.2, 0.25) is 0 Å². The molecule has 5 unspecified atom stereocenters. The fourth-order valence-electron chi connectivity index (χ4n) is 6.40. The summed E-state index contributed by atoms with van der Waals surface area (Å²) in [5, 5.41) is 20.8. The van der Waals surface area contributed by atoms with Crippen molar-refractivity contribution in [1.29, 1.82) is 0 Å². The lowest BCUT2D eigenvalue weighted by Gasteiger charge is -2.58. The molecule has 4 rings (SSSR count). The number of rotatable bonds is 0. The van der Waals surface area contributed by atoms with Crippen LogP contribution in [0.4, 0.5) is 0 Å². The Morgan fingerprint density at radius 3 is 2.50 bits per heavy atom. The summed E-state index contributed by atoms with van der Waals surface area (Å²) in [7, 11) is 0. The summed E-state index contributed by atoms with van der Waals surface area (Å²) < 4.78 is 0. The monoisotopic (exact) mass is 304 g/mol. The molecule has 4 aliphatic carbocycles. The fraction of sp³-hybridized carbons (Fsp3) is 0.842.